The number of sulfone groups is 1. The normalized spacial score (nSPS) is 22.9. The minimum absolute atomic E-state index is 0.0179. The molecule has 0 aliphatic carbocycles. The van der Waals surface area contributed by atoms with Gasteiger partial charge in [-0.3, -0.25) is 9.59 Å². The van der Waals surface area contributed by atoms with Crippen molar-refractivity contribution in [2.75, 3.05) is 38.8 Å². The van der Waals surface area contributed by atoms with Crippen LogP contribution in [-0.4, -0.2) is 74.8 Å². The molecule has 2 aliphatic rings. The van der Waals surface area contributed by atoms with Crippen molar-refractivity contribution in [1.82, 2.24) is 9.80 Å². The Morgan fingerprint density at radius 3 is 2.48 bits per heavy atom. The molecule has 2 unspecified atom stereocenters. The Kier molecular flexibility index (Phi) is 5.74. The molecule has 2 amide bonds. The van der Waals surface area contributed by atoms with E-state index in [1.807, 2.05) is 4.90 Å². The summed E-state index contributed by atoms with van der Waals surface area (Å²) in [5, 5.41) is 0. The van der Waals surface area contributed by atoms with Crippen LogP contribution < -0.4 is 4.74 Å². The van der Waals surface area contributed by atoms with Crippen molar-refractivity contribution in [1.29, 1.82) is 0 Å². The third-order valence-electron chi connectivity index (χ3n) is 5.40. The monoisotopic (exact) mass is 394 g/mol. The van der Waals surface area contributed by atoms with Gasteiger partial charge in [0.1, 0.15) is 11.5 Å². The summed E-state index contributed by atoms with van der Waals surface area (Å²) in [5.41, 5.74) is 0.620. The SMILES string of the molecule is COc1ccc(C(=O)N2CCC3C(CCCN3C(=O)CS(C)(=O)=O)C2)cc1. The van der Waals surface area contributed by atoms with Gasteiger partial charge in [0.15, 0.2) is 9.84 Å². The van der Waals surface area contributed by atoms with E-state index in [0.29, 0.717) is 37.4 Å². The Bertz CT molecular complexity index is 806. The van der Waals surface area contributed by atoms with Crippen LogP contribution in [-0.2, 0) is 14.6 Å². The highest BCUT2D eigenvalue weighted by atomic mass is 32.2. The van der Waals surface area contributed by atoms with Crippen molar-refractivity contribution < 1.29 is 22.7 Å². The first-order chi connectivity index (χ1) is 12.8. The highest BCUT2D eigenvalue weighted by Crippen LogP contribution is 2.31. The maximum Gasteiger partial charge on any atom is 0.253 e. The number of carbonyl (C=O) groups excluding carboxylic acids is 2. The van der Waals surface area contributed by atoms with Crippen molar-refractivity contribution in [3.8, 4) is 5.75 Å². The molecule has 148 valence electrons. The molecular weight excluding hydrogens is 368 g/mol. The molecule has 2 saturated heterocycles. The van der Waals surface area contributed by atoms with Gasteiger partial charge < -0.3 is 14.5 Å². The van der Waals surface area contributed by atoms with Gasteiger partial charge in [0.05, 0.1) is 7.11 Å². The Balaban J connectivity index is 1.67. The smallest absolute Gasteiger partial charge is 0.253 e. The third kappa shape index (κ3) is 4.61. The molecule has 2 aliphatic heterocycles. The van der Waals surface area contributed by atoms with Crippen molar-refractivity contribution in [3.05, 3.63) is 29.8 Å². The molecule has 0 spiro atoms. The Morgan fingerprint density at radius 2 is 1.85 bits per heavy atom. The number of nitrogens with zero attached hydrogens (tertiary/aromatic N) is 2. The number of ether oxygens (including phenoxy) is 1. The van der Waals surface area contributed by atoms with E-state index >= 15 is 0 Å². The van der Waals surface area contributed by atoms with Crippen LogP contribution in [0.15, 0.2) is 24.3 Å². The number of piperidine rings is 2. The standard InChI is InChI=1S/C19H26N2O5S/c1-26-16-7-5-14(6-8-16)19(23)20-11-9-17-15(12-20)4-3-10-21(17)18(22)13-27(2,24)25/h5-8,15,17H,3-4,9-13H2,1-2H3. The van der Waals surface area contributed by atoms with Crippen LogP contribution in [0.1, 0.15) is 29.6 Å². The Labute approximate surface area is 160 Å². The zero-order valence-electron chi connectivity index (χ0n) is 15.8. The Hall–Kier alpha value is -2.09. The van der Waals surface area contributed by atoms with Crippen molar-refractivity contribution >= 4 is 21.7 Å². The minimum Gasteiger partial charge on any atom is -0.497 e. The van der Waals surface area contributed by atoms with E-state index in [4.69, 9.17) is 4.74 Å². The first-order valence-electron chi connectivity index (χ1n) is 9.19. The molecular formula is C19H26N2O5S. The van der Waals surface area contributed by atoms with Crippen LogP contribution >= 0.6 is 0 Å². The first-order valence-corrected chi connectivity index (χ1v) is 11.2. The van der Waals surface area contributed by atoms with Crippen LogP contribution in [0.25, 0.3) is 0 Å². The van der Waals surface area contributed by atoms with Crippen LogP contribution in [0.5, 0.6) is 5.75 Å². The number of fused-ring (bicyclic) bond motifs is 1. The van der Waals surface area contributed by atoms with Crippen LogP contribution in [0.3, 0.4) is 0 Å². The topological polar surface area (TPSA) is 84.0 Å². The Morgan fingerprint density at radius 1 is 1.15 bits per heavy atom. The van der Waals surface area contributed by atoms with E-state index in [1.165, 1.54) is 0 Å². The fraction of sp³-hybridized carbons (Fsp3) is 0.579. The predicted molar refractivity (Wildman–Crippen MR) is 101 cm³/mol. The van der Waals surface area contributed by atoms with Crippen LogP contribution in [0.2, 0.25) is 0 Å². The molecule has 27 heavy (non-hydrogen) atoms. The lowest BCUT2D eigenvalue weighted by molar-refractivity contribution is -0.135. The number of methoxy groups -OCH3 is 1. The van der Waals surface area contributed by atoms with E-state index in [9.17, 15) is 18.0 Å². The number of hydrogen-bond donors (Lipinski definition) is 0. The van der Waals surface area contributed by atoms with Gasteiger partial charge in [-0.15, -0.1) is 0 Å². The quantitative estimate of drug-likeness (QED) is 0.766. The van der Waals surface area contributed by atoms with E-state index in [0.717, 1.165) is 19.1 Å². The first kappa shape index (κ1) is 19.7. The number of likely N-dealkylation sites (tertiary alicyclic amines) is 2. The second-order valence-electron chi connectivity index (χ2n) is 7.40. The fourth-order valence-corrected chi connectivity index (χ4v) is 4.74. The van der Waals surface area contributed by atoms with Gasteiger partial charge in [-0.2, -0.15) is 0 Å². The zero-order valence-corrected chi connectivity index (χ0v) is 16.6. The molecule has 1 aromatic rings. The third-order valence-corrected chi connectivity index (χ3v) is 6.17. The molecule has 2 heterocycles. The van der Waals surface area contributed by atoms with Gasteiger partial charge in [-0.25, -0.2) is 8.42 Å². The lowest BCUT2D eigenvalue weighted by Crippen LogP contribution is -2.57. The van der Waals surface area contributed by atoms with Gasteiger partial charge in [-0.1, -0.05) is 0 Å². The van der Waals surface area contributed by atoms with Crippen LogP contribution in [0, 0.1) is 5.92 Å². The predicted octanol–water partition coefficient (Wildman–Crippen LogP) is 1.19. The molecule has 0 N–H and O–H groups in total. The molecule has 0 aromatic heterocycles. The molecule has 2 fully saturated rings. The summed E-state index contributed by atoms with van der Waals surface area (Å²) in [6.45, 7) is 1.76. The molecule has 0 saturated carbocycles. The largest absolute Gasteiger partial charge is 0.497 e. The lowest BCUT2D eigenvalue weighted by Gasteiger charge is -2.47. The number of rotatable bonds is 4. The molecule has 8 heteroatoms. The minimum atomic E-state index is -3.34. The second kappa shape index (κ2) is 7.88. The molecule has 7 nitrogen and oxygen atoms in total. The fourth-order valence-electron chi connectivity index (χ4n) is 4.12. The maximum atomic E-state index is 12.8. The highest BCUT2D eigenvalue weighted by molar-refractivity contribution is 7.91. The van der Waals surface area contributed by atoms with Crippen LogP contribution in [0.4, 0.5) is 0 Å². The average Bonchev–Trinajstić information content (AvgIpc) is 2.65. The molecule has 0 radical (unpaired) electrons. The average molecular weight is 394 g/mol. The van der Waals surface area contributed by atoms with Crippen molar-refractivity contribution in [2.24, 2.45) is 5.92 Å². The number of carbonyl (C=O) groups is 2. The van der Waals surface area contributed by atoms with E-state index in [-0.39, 0.29) is 23.8 Å². The van der Waals surface area contributed by atoms with Gasteiger partial charge in [0, 0.05) is 37.5 Å². The number of benzene rings is 1. The van der Waals surface area contributed by atoms with Gasteiger partial charge in [-0.05, 0) is 49.4 Å². The zero-order chi connectivity index (χ0) is 19.6. The lowest BCUT2D eigenvalue weighted by atomic mass is 9.83. The number of amides is 2. The summed E-state index contributed by atoms with van der Waals surface area (Å²) in [7, 11) is -1.76. The maximum absolute atomic E-state index is 12.8. The summed E-state index contributed by atoms with van der Waals surface area (Å²) >= 11 is 0. The van der Waals surface area contributed by atoms with Crippen molar-refractivity contribution in [3.63, 3.8) is 0 Å². The highest BCUT2D eigenvalue weighted by Gasteiger charge is 2.39. The summed E-state index contributed by atoms with van der Waals surface area (Å²) < 4.78 is 28.1. The summed E-state index contributed by atoms with van der Waals surface area (Å²) in [4.78, 5) is 28.8. The van der Waals surface area contributed by atoms with Crippen molar-refractivity contribution in [2.45, 2.75) is 25.3 Å². The summed E-state index contributed by atoms with van der Waals surface area (Å²) in [6.07, 6.45) is 3.55. The van der Waals surface area contributed by atoms with E-state index < -0.39 is 15.6 Å². The van der Waals surface area contributed by atoms with Gasteiger partial charge in [0.2, 0.25) is 5.91 Å². The molecule has 1 aromatic carbocycles. The second-order valence-corrected chi connectivity index (χ2v) is 9.54. The van der Waals surface area contributed by atoms with E-state index in [1.54, 1.807) is 36.3 Å². The molecule has 3 rings (SSSR count). The van der Waals surface area contributed by atoms with Gasteiger partial charge >= 0.3 is 0 Å². The number of hydrogen-bond acceptors (Lipinski definition) is 5. The van der Waals surface area contributed by atoms with Gasteiger partial charge in [0.25, 0.3) is 5.91 Å². The summed E-state index contributed by atoms with van der Waals surface area (Å²) in [6, 6.07) is 7.08. The summed E-state index contributed by atoms with van der Waals surface area (Å²) in [5.74, 6) is 0.124. The van der Waals surface area contributed by atoms with E-state index in [2.05, 4.69) is 0 Å². The molecule has 2 atom stereocenters. The molecule has 0 bridgehead atoms.